The van der Waals surface area contributed by atoms with E-state index in [4.69, 9.17) is 5.11 Å². The molecule has 2 N–H and O–H groups in total. The fraction of sp³-hybridized carbons (Fsp3) is 0.133. The van der Waals surface area contributed by atoms with Crippen molar-refractivity contribution in [1.29, 1.82) is 0 Å². The summed E-state index contributed by atoms with van der Waals surface area (Å²) in [5.74, 6) is -0.845. The van der Waals surface area contributed by atoms with Gasteiger partial charge in [-0.05, 0) is 59.5 Å². The van der Waals surface area contributed by atoms with E-state index in [0.717, 1.165) is 33.0 Å². The van der Waals surface area contributed by atoms with Crippen molar-refractivity contribution in [2.24, 2.45) is 0 Å². The number of rotatable bonds is 10. The Labute approximate surface area is 215 Å². The number of hydrogen-bond donors (Lipinski definition) is 2. The molecule has 0 fully saturated rings. The van der Waals surface area contributed by atoms with Crippen molar-refractivity contribution < 1.29 is 14.7 Å². The summed E-state index contributed by atoms with van der Waals surface area (Å²) in [6.07, 6.45) is 0.744. The number of benzene rings is 4. The first-order chi connectivity index (χ1) is 17.6. The lowest BCUT2D eigenvalue weighted by Gasteiger charge is -2.24. The van der Waals surface area contributed by atoms with Crippen molar-refractivity contribution in [1.82, 2.24) is 5.32 Å². The fourth-order valence-corrected chi connectivity index (χ4v) is 4.73. The maximum Gasteiger partial charge on any atom is 0.322 e. The van der Waals surface area contributed by atoms with Crippen molar-refractivity contribution in [3.8, 4) is 0 Å². The minimum absolute atomic E-state index is 0.00179. The van der Waals surface area contributed by atoms with Crippen LogP contribution in [0.25, 0.3) is 0 Å². The van der Waals surface area contributed by atoms with Crippen LogP contribution in [0.15, 0.2) is 119 Å². The van der Waals surface area contributed by atoms with Crippen LogP contribution in [0.1, 0.15) is 16.7 Å². The third kappa shape index (κ3) is 7.48. The Hall–Kier alpha value is -4.03. The predicted molar refractivity (Wildman–Crippen MR) is 145 cm³/mol. The van der Waals surface area contributed by atoms with Crippen molar-refractivity contribution >= 4 is 29.4 Å². The number of carbonyl (C=O) groups is 2. The highest BCUT2D eigenvalue weighted by atomic mass is 32.2. The molecule has 0 bridgehead atoms. The molecule has 0 unspecified atom stereocenters. The first kappa shape index (κ1) is 25.1. The van der Waals surface area contributed by atoms with E-state index in [9.17, 15) is 9.59 Å². The molecular weight excluding hydrogens is 468 g/mol. The number of carboxylic acid groups (broad SMARTS) is 1. The van der Waals surface area contributed by atoms with Crippen LogP contribution in [0.4, 0.5) is 10.5 Å². The van der Waals surface area contributed by atoms with Gasteiger partial charge in [-0.25, -0.2) is 4.79 Å². The Morgan fingerprint density at radius 1 is 0.722 bits per heavy atom. The number of nitrogens with one attached hydrogen (secondary N) is 1. The summed E-state index contributed by atoms with van der Waals surface area (Å²) in [6.45, 7) is 1.01. The SMILES string of the molecule is O=C(O)Cc1cccc(Sc2ccc(N(CCc3ccccc3)C(=O)NCc3ccccc3)cc2)c1. The molecule has 0 saturated heterocycles. The molecule has 0 radical (unpaired) electrons. The van der Waals surface area contributed by atoms with Crippen molar-refractivity contribution in [3.63, 3.8) is 0 Å². The van der Waals surface area contributed by atoms with Gasteiger partial charge in [0.25, 0.3) is 0 Å². The third-order valence-corrected chi connectivity index (χ3v) is 6.63. The molecule has 0 aliphatic heterocycles. The van der Waals surface area contributed by atoms with Crippen LogP contribution < -0.4 is 10.2 Å². The number of anilines is 1. The van der Waals surface area contributed by atoms with Crippen LogP contribution >= 0.6 is 11.8 Å². The molecule has 5 nitrogen and oxygen atoms in total. The van der Waals surface area contributed by atoms with E-state index in [1.54, 1.807) is 16.7 Å². The van der Waals surface area contributed by atoms with Crippen molar-refractivity contribution in [2.75, 3.05) is 11.4 Å². The largest absolute Gasteiger partial charge is 0.481 e. The van der Waals surface area contributed by atoms with Crippen molar-refractivity contribution in [3.05, 3.63) is 126 Å². The van der Waals surface area contributed by atoms with Crippen LogP contribution in [-0.4, -0.2) is 23.7 Å². The maximum atomic E-state index is 13.2. The van der Waals surface area contributed by atoms with E-state index >= 15 is 0 Å². The Kier molecular flexibility index (Phi) is 8.78. The predicted octanol–water partition coefficient (Wildman–Crippen LogP) is 6.42. The quantitative estimate of drug-likeness (QED) is 0.266. The molecule has 4 aromatic carbocycles. The van der Waals surface area contributed by atoms with Gasteiger partial charge in [0.1, 0.15) is 0 Å². The molecule has 6 heteroatoms. The van der Waals surface area contributed by atoms with Crippen LogP contribution in [0.5, 0.6) is 0 Å². The van der Waals surface area contributed by atoms with Gasteiger partial charge in [0.05, 0.1) is 6.42 Å². The maximum absolute atomic E-state index is 13.2. The first-order valence-corrected chi connectivity index (χ1v) is 12.6. The molecule has 2 amide bonds. The van der Waals surface area contributed by atoms with Gasteiger partial charge < -0.3 is 10.4 Å². The zero-order chi connectivity index (χ0) is 25.2. The van der Waals surface area contributed by atoms with E-state index in [-0.39, 0.29) is 12.5 Å². The summed E-state index contributed by atoms with van der Waals surface area (Å²) in [5, 5.41) is 12.1. The number of hydrogen-bond acceptors (Lipinski definition) is 3. The van der Waals surface area contributed by atoms with Crippen LogP contribution in [0.2, 0.25) is 0 Å². The Balaban J connectivity index is 1.47. The Bertz CT molecular complexity index is 1280. The third-order valence-electron chi connectivity index (χ3n) is 5.64. The van der Waals surface area contributed by atoms with Crippen LogP contribution in [0.3, 0.4) is 0 Å². The molecule has 0 atom stereocenters. The van der Waals surface area contributed by atoms with Gasteiger partial charge in [-0.2, -0.15) is 0 Å². The lowest BCUT2D eigenvalue weighted by molar-refractivity contribution is -0.136. The second-order valence-electron chi connectivity index (χ2n) is 8.35. The smallest absolute Gasteiger partial charge is 0.322 e. The number of urea groups is 1. The summed E-state index contributed by atoms with van der Waals surface area (Å²) in [4.78, 5) is 28.0. The minimum Gasteiger partial charge on any atom is -0.481 e. The average Bonchev–Trinajstić information content (AvgIpc) is 2.89. The number of aliphatic carboxylic acids is 1. The van der Waals surface area contributed by atoms with E-state index in [1.807, 2.05) is 97.1 Å². The summed E-state index contributed by atoms with van der Waals surface area (Å²) in [6, 6.07) is 35.3. The minimum atomic E-state index is -0.845. The molecule has 182 valence electrons. The molecule has 0 aromatic heterocycles. The summed E-state index contributed by atoms with van der Waals surface area (Å²) in [5.41, 5.74) is 3.81. The molecule has 36 heavy (non-hydrogen) atoms. The van der Waals surface area contributed by atoms with E-state index in [0.29, 0.717) is 13.1 Å². The molecule has 0 heterocycles. The summed E-state index contributed by atoms with van der Waals surface area (Å²) >= 11 is 1.56. The zero-order valence-corrected chi connectivity index (χ0v) is 20.7. The monoisotopic (exact) mass is 496 g/mol. The lowest BCUT2D eigenvalue weighted by atomic mass is 10.1. The molecule has 0 aliphatic carbocycles. The van der Waals surface area contributed by atoms with Crippen LogP contribution in [-0.2, 0) is 24.2 Å². The summed E-state index contributed by atoms with van der Waals surface area (Å²) in [7, 11) is 0. The highest BCUT2D eigenvalue weighted by molar-refractivity contribution is 7.99. The second kappa shape index (κ2) is 12.6. The van der Waals surface area contributed by atoms with Gasteiger partial charge in [0.15, 0.2) is 0 Å². The standard InChI is InChI=1S/C30H28N2O3S/c33-29(34)21-25-12-7-13-28(20-25)36-27-16-14-26(15-17-27)32(19-18-23-8-3-1-4-9-23)30(35)31-22-24-10-5-2-6-11-24/h1-17,20H,18-19,21-22H2,(H,31,35)(H,33,34). The molecule has 0 spiro atoms. The fourth-order valence-electron chi connectivity index (χ4n) is 3.83. The normalized spacial score (nSPS) is 10.6. The highest BCUT2D eigenvalue weighted by Crippen LogP contribution is 2.30. The molecule has 4 rings (SSSR count). The van der Waals surface area contributed by atoms with Gasteiger partial charge >= 0.3 is 12.0 Å². The van der Waals surface area contributed by atoms with Crippen molar-refractivity contribution in [2.45, 2.75) is 29.2 Å². The van der Waals surface area contributed by atoms with Crippen LogP contribution in [0, 0.1) is 0 Å². The number of nitrogens with zero attached hydrogens (tertiary/aromatic N) is 1. The molecule has 0 saturated carbocycles. The molecule has 0 aliphatic rings. The Morgan fingerprint density at radius 3 is 2.03 bits per heavy atom. The van der Waals surface area contributed by atoms with E-state index in [2.05, 4.69) is 17.4 Å². The molecular formula is C30H28N2O3S. The second-order valence-corrected chi connectivity index (χ2v) is 9.49. The Morgan fingerprint density at radius 2 is 1.36 bits per heavy atom. The van der Waals surface area contributed by atoms with Gasteiger partial charge in [-0.3, -0.25) is 9.69 Å². The highest BCUT2D eigenvalue weighted by Gasteiger charge is 2.16. The molecule has 4 aromatic rings. The van der Waals surface area contributed by atoms with Gasteiger partial charge in [-0.15, -0.1) is 0 Å². The zero-order valence-electron chi connectivity index (χ0n) is 19.8. The number of amides is 2. The van der Waals surface area contributed by atoms with E-state index in [1.165, 1.54) is 5.56 Å². The van der Waals surface area contributed by atoms with E-state index < -0.39 is 5.97 Å². The van der Waals surface area contributed by atoms with Gasteiger partial charge in [-0.1, -0.05) is 84.6 Å². The average molecular weight is 497 g/mol. The first-order valence-electron chi connectivity index (χ1n) is 11.8. The lowest BCUT2D eigenvalue weighted by Crippen LogP contribution is -2.41. The summed E-state index contributed by atoms with van der Waals surface area (Å²) < 4.78 is 0. The van der Waals surface area contributed by atoms with Gasteiger partial charge in [0.2, 0.25) is 0 Å². The number of carbonyl (C=O) groups excluding carboxylic acids is 1. The number of carboxylic acids is 1. The van der Waals surface area contributed by atoms with Gasteiger partial charge in [0, 0.05) is 28.6 Å². The topological polar surface area (TPSA) is 69.6 Å².